The second-order valence-electron chi connectivity index (χ2n) is 5.36. The molecule has 2 aromatic rings. The van der Waals surface area contributed by atoms with E-state index in [1.807, 2.05) is 38.1 Å². The molecule has 4 nitrogen and oxygen atoms in total. The quantitative estimate of drug-likeness (QED) is 0.550. The van der Waals surface area contributed by atoms with Gasteiger partial charge in [0, 0.05) is 17.6 Å². The van der Waals surface area contributed by atoms with Crippen molar-refractivity contribution in [2.75, 3.05) is 10.6 Å². The lowest BCUT2D eigenvalue weighted by Gasteiger charge is -2.12. The summed E-state index contributed by atoms with van der Waals surface area (Å²) < 4.78 is 0. The van der Waals surface area contributed by atoms with E-state index in [0.717, 1.165) is 23.2 Å². The smallest absolute Gasteiger partial charge is 0.267 e. The van der Waals surface area contributed by atoms with Crippen LogP contribution in [0.1, 0.15) is 18.1 Å². The molecule has 1 amide bonds. The van der Waals surface area contributed by atoms with Crippen LogP contribution >= 0.6 is 23.2 Å². The average molecular weight is 374 g/mol. The van der Waals surface area contributed by atoms with Gasteiger partial charge < -0.3 is 10.6 Å². The van der Waals surface area contributed by atoms with Crippen molar-refractivity contribution in [3.8, 4) is 6.07 Å². The number of nitrogens with one attached hydrogen (secondary N) is 2. The lowest BCUT2D eigenvalue weighted by Crippen LogP contribution is -2.16. The third-order valence-electron chi connectivity index (χ3n) is 3.65. The van der Waals surface area contributed by atoms with Crippen LogP contribution < -0.4 is 10.6 Å². The summed E-state index contributed by atoms with van der Waals surface area (Å²) >= 11 is 11.8. The number of nitriles is 1. The first-order valence-corrected chi connectivity index (χ1v) is 8.43. The van der Waals surface area contributed by atoms with E-state index in [1.54, 1.807) is 18.2 Å². The second kappa shape index (κ2) is 8.57. The number of aryl methyl sites for hydroxylation is 2. The molecule has 0 aliphatic heterocycles. The molecular weight excluding hydrogens is 357 g/mol. The minimum absolute atomic E-state index is 0.0450. The van der Waals surface area contributed by atoms with Gasteiger partial charge >= 0.3 is 0 Å². The summed E-state index contributed by atoms with van der Waals surface area (Å²) in [6, 6.07) is 12.7. The number of rotatable bonds is 5. The maximum atomic E-state index is 12.4. The van der Waals surface area contributed by atoms with Crippen molar-refractivity contribution in [2.45, 2.75) is 20.3 Å². The van der Waals surface area contributed by atoms with Gasteiger partial charge in [0.1, 0.15) is 11.6 Å². The molecular formula is C19H17Cl2N3O. The molecule has 0 unspecified atom stereocenters. The van der Waals surface area contributed by atoms with Gasteiger partial charge in [0.25, 0.3) is 5.91 Å². The fourth-order valence-electron chi connectivity index (χ4n) is 2.27. The summed E-state index contributed by atoms with van der Waals surface area (Å²) in [6.07, 6.45) is 2.13. The Bertz CT molecular complexity index is 869. The van der Waals surface area contributed by atoms with Crippen LogP contribution in [-0.4, -0.2) is 5.91 Å². The van der Waals surface area contributed by atoms with E-state index in [1.165, 1.54) is 6.20 Å². The van der Waals surface area contributed by atoms with Crippen LogP contribution in [0, 0.1) is 18.3 Å². The number of carbonyl (C=O) groups excluding carboxylic acids is 1. The molecule has 128 valence electrons. The van der Waals surface area contributed by atoms with Gasteiger partial charge in [-0.15, -0.1) is 0 Å². The Labute approximate surface area is 157 Å². The van der Waals surface area contributed by atoms with Crippen LogP contribution in [0.2, 0.25) is 10.0 Å². The molecule has 0 fully saturated rings. The number of benzene rings is 2. The number of hydrogen-bond acceptors (Lipinski definition) is 3. The standard InChI is InChI=1S/C19H17Cl2N3O/c1-3-13-6-4-5-12(2)18(13)24-19(25)14(10-22)11-23-15-7-8-16(20)17(21)9-15/h4-9,11,23H,3H2,1-2H3,(H,24,25)/b14-11-. The monoisotopic (exact) mass is 373 g/mol. The van der Waals surface area contributed by atoms with Crippen LogP contribution in [-0.2, 0) is 11.2 Å². The highest BCUT2D eigenvalue weighted by molar-refractivity contribution is 6.42. The average Bonchev–Trinajstić information content (AvgIpc) is 2.60. The van der Waals surface area contributed by atoms with E-state index in [0.29, 0.717) is 15.7 Å². The van der Waals surface area contributed by atoms with Gasteiger partial charge in [-0.1, -0.05) is 48.3 Å². The molecule has 0 aliphatic rings. The first-order chi connectivity index (χ1) is 12.0. The maximum absolute atomic E-state index is 12.4. The van der Waals surface area contributed by atoms with E-state index in [4.69, 9.17) is 23.2 Å². The molecule has 0 atom stereocenters. The molecule has 0 saturated heterocycles. The SMILES string of the molecule is CCc1cccc(C)c1NC(=O)/C(C#N)=C\Nc1ccc(Cl)c(Cl)c1. The zero-order valence-corrected chi connectivity index (χ0v) is 15.4. The summed E-state index contributed by atoms with van der Waals surface area (Å²) in [6.45, 7) is 3.93. The van der Waals surface area contributed by atoms with E-state index in [9.17, 15) is 10.1 Å². The summed E-state index contributed by atoms with van der Waals surface area (Å²) in [4.78, 5) is 12.4. The Morgan fingerprint density at radius 2 is 2.00 bits per heavy atom. The summed E-state index contributed by atoms with van der Waals surface area (Å²) in [7, 11) is 0. The van der Waals surface area contributed by atoms with Crippen molar-refractivity contribution in [3.05, 3.63) is 69.3 Å². The van der Waals surface area contributed by atoms with Gasteiger partial charge in [-0.25, -0.2) is 0 Å². The molecule has 2 rings (SSSR count). The normalized spacial score (nSPS) is 10.9. The fourth-order valence-corrected chi connectivity index (χ4v) is 2.57. The summed E-state index contributed by atoms with van der Waals surface area (Å²) in [5, 5.41) is 15.8. The number of para-hydroxylation sites is 1. The first kappa shape index (κ1) is 18.9. The molecule has 0 aromatic heterocycles. The predicted octanol–water partition coefficient (Wildman–Crippen LogP) is 5.32. The highest BCUT2D eigenvalue weighted by Crippen LogP contribution is 2.25. The third-order valence-corrected chi connectivity index (χ3v) is 4.39. The molecule has 0 bridgehead atoms. The highest BCUT2D eigenvalue weighted by Gasteiger charge is 2.13. The minimum atomic E-state index is -0.473. The largest absolute Gasteiger partial charge is 0.360 e. The van der Waals surface area contributed by atoms with Crippen molar-refractivity contribution in [2.24, 2.45) is 0 Å². The lowest BCUT2D eigenvalue weighted by molar-refractivity contribution is -0.112. The zero-order chi connectivity index (χ0) is 18.4. The first-order valence-electron chi connectivity index (χ1n) is 7.68. The molecule has 0 heterocycles. The molecule has 0 spiro atoms. The van der Waals surface area contributed by atoms with Crippen LogP contribution in [0.25, 0.3) is 0 Å². The van der Waals surface area contributed by atoms with Crippen molar-refractivity contribution in [1.29, 1.82) is 5.26 Å². The molecule has 0 aliphatic carbocycles. The van der Waals surface area contributed by atoms with Crippen molar-refractivity contribution < 1.29 is 4.79 Å². The molecule has 0 saturated carbocycles. The molecule has 2 N–H and O–H groups in total. The second-order valence-corrected chi connectivity index (χ2v) is 6.17. The van der Waals surface area contributed by atoms with Gasteiger partial charge in [0.2, 0.25) is 0 Å². The van der Waals surface area contributed by atoms with Crippen LogP contribution in [0.5, 0.6) is 0 Å². The number of anilines is 2. The predicted molar refractivity (Wildman–Crippen MR) is 103 cm³/mol. The third kappa shape index (κ3) is 4.76. The maximum Gasteiger partial charge on any atom is 0.267 e. The van der Waals surface area contributed by atoms with Gasteiger partial charge in [0.05, 0.1) is 10.0 Å². The number of amides is 1. The summed E-state index contributed by atoms with van der Waals surface area (Å²) in [5.74, 6) is -0.473. The number of carbonyl (C=O) groups is 1. The Kier molecular flexibility index (Phi) is 6.46. The Hall–Kier alpha value is -2.48. The summed E-state index contributed by atoms with van der Waals surface area (Å²) in [5.41, 5.74) is 3.28. The van der Waals surface area contributed by atoms with Crippen LogP contribution in [0.15, 0.2) is 48.2 Å². The van der Waals surface area contributed by atoms with E-state index in [-0.39, 0.29) is 5.57 Å². The van der Waals surface area contributed by atoms with Crippen molar-refractivity contribution in [3.63, 3.8) is 0 Å². The Morgan fingerprint density at radius 3 is 2.64 bits per heavy atom. The van der Waals surface area contributed by atoms with Crippen molar-refractivity contribution >= 4 is 40.5 Å². The molecule has 6 heteroatoms. The number of nitrogens with zero attached hydrogens (tertiary/aromatic N) is 1. The van der Waals surface area contributed by atoms with Crippen LogP contribution in [0.4, 0.5) is 11.4 Å². The molecule has 2 aromatic carbocycles. The fraction of sp³-hybridized carbons (Fsp3) is 0.158. The lowest BCUT2D eigenvalue weighted by atomic mass is 10.1. The molecule has 0 radical (unpaired) electrons. The zero-order valence-electron chi connectivity index (χ0n) is 13.9. The van der Waals surface area contributed by atoms with Gasteiger partial charge in [-0.3, -0.25) is 4.79 Å². The highest BCUT2D eigenvalue weighted by atomic mass is 35.5. The van der Waals surface area contributed by atoms with Gasteiger partial charge in [-0.2, -0.15) is 5.26 Å². The van der Waals surface area contributed by atoms with Crippen LogP contribution in [0.3, 0.4) is 0 Å². The topological polar surface area (TPSA) is 64.9 Å². The van der Waals surface area contributed by atoms with Crippen molar-refractivity contribution in [1.82, 2.24) is 0 Å². The Balaban J connectivity index is 2.19. The molecule has 25 heavy (non-hydrogen) atoms. The Morgan fingerprint density at radius 1 is 1.24 bits per heavy atom. The van der Waals surface area contributed by atoms with E-state index < -0.39 is 5.91 Å². The van der Waals surface area contributed by atoms with Gasteiger partial charge in [-0.05, 0) is 42.7 Å². The number of hydrogen-bond donors (Lipinski definition) is 2. The number of halogens is 2. The van der Waals surface area contributed by atoms with E-state index >= 15 is 0 Å². The van der Waals surface area contributed by atoms with E-state index in [2.05, 4.69) is 10.6 Å². The minimum Gasteiger partial charge on any atom is -0.360 e. The van der Waals surface area contributed by atoms with Gasteiger partial charge in [0.15, 0.2) is 0 Å².